The van der Waals surface area contributed by atoms with E-state index in [0.717, 1.165) is 32.0 Å². The Kier molecular flexibility index (Phi) is 4.59. The fourth-order valence-corrected chi connectivity index (χ4v) is 2.00. The molecule has 0 aromatic rings. The van der Waals surface area contributed by atoms with Crippen molar-refractivity contribution in [1.29, 1.82) is 0 Å². The number of nitrogens with one attached hydrogen (secondary N) is 1. The van der Waals surface area contributed by atoms with Gasteiger partial charge in [0.1, 0.15) is 6.29 Å². The highest BCUT2D eigenvalue weighted by molar-refractivity contribution is 5.81. The molecule has 1 fully saturated rings. The van der Waals surface area contributed by atoms with Crippen LogP contribution < -0.4 is 11.1 Å². The van der Waals surface area contributed by atoms with E-state index in [1.807, 2.05) is 0 Å². The monoisotopic (exact) mass is 198 g/mol. The zero-order valence-electron chi connectivity index (χ0n) is 8.37. The van der Waals surface area contributed by atoms with Crippen LogP contribution in [-0.4, -0.2) is 24.8 Å². The molecule has 0 aromatic carbocycles. The van der Waals surface area contributed by atoms with E-state index < -0.39 is 0 Å². The molecule has 0 aromatic heterocycles. The number of aldehydes is 1. The lowest BCUT2D eigenvalue weighted by Gasteiger charge is -2.27. The average Bonchev–Trinajstić information content (AvgIpc) is 2.26. The van der Waals surface area contributed by atoms with Crippen molar-refractivity contribution in [3.05, 3.63) is 0 Å². The van der Waals surface area contributed by atoms with Crippen molar-refractivity contribution in [3.8, 4) is 0 Å². The summed E-state index contributed by atoms with van der Waals surface area (Å²) in [4.78, 5) is 21.8. The van der Waals surface area contributed by atoms with Gasteiger partial charge >= 0.3 is 0 Å². The zero-order valence-corrected chi connectivity index (χ0v) is 8.37. The van der Waals surface area contributed by atoms with E-state index in [2.05, 4.69) is 5.32 Å². The van der Waals surface area contributed by atoms with Crippen LogP contribution in [0.3, 0.4) is 0 Å². The summed E-state index contributed by atoms with van der Waals surface area (Å²) < 4.78 is 0. The lowest BCUT2D eigenvalue weighted by molar-refractivity contribution is -0.123. The van der Waals surface area contributed by atoms with Gasteiger partial charge in [-0.05, 0) is 18.8 Å². The first kappa shape index (κ1) is 11.2. The molecule has 0 saturated heterocycles. The average molecular weight is 198 g/mol. The third kappa shape index (κ3) is 3.10. The van der Waals surface area contributed by atoms with Crippen molar-refractivity contribution in [2.24, 2.45) is 11.7 Å². The molecule has 14 heavy (non-hydrogen) atoms. The molecule has 1 unspecified atom stereocenters. The summed E-state index contributed by atoms with van der Waals surface area (Å²) in [6.07, 6.45) is 6.47. The number of carbonyl (C=O) groups excluding carboxylic acids is 2. The molecule has 0 aliphatic heterocycles. The number of hydrogen-bond acceptors (Lipinski definition) is 3. The summed E-state index contributed by atoms with van der Waals surface area (Å²) in [5, 5.41) is 2.65. The predicted molar refractivity (Wildman–Crippen MR) is 53.6 cm³/mol. The van der Waals surface area contributed by atoms with Crippen LogP contribution in [0.4, 0.5) is 0 Å². The van der Waals surface area contributed by atoms with E-state index in [4.69, 9.17) is 5.73 Å². The van der Waals surface area contributed by atoms with Crippen LogP contribution in [0.5, 0.6) is 0 Å². The Bertz CT molecular complexity index is 200. The molecule has 0 heterocycles. The third-order valence-electron chi connectivity index (χ3n) is 2.82. The van der Waals surface area contributed by atoms with E-state index in [1.165, 1.54) is 6.42 Å². The van der Waals surface area contributed by atoms with Crippen LogP contribution in [-0.2, 0) is 9.59 Å². The van der Waals surface area contributed by atoms with E-state index >= 15 is 0 Å². The molecule has 0 radical (unpaired) electrons. The third-order valence-corrected chi connectivity index (χ3v) is 2.82. The number of nitrogens with two attached hydrogens (primary N) is 1. The Hall–Kier alpha value is -0.900. The molecule has 1 atom stereocenters. The van der Waals surface area contributed by atoms with Crippen LogP contribution in [0.1, 0.15) is 32.1 Å². The maximum Gasteiger partial charge on any atom is 0.234 e. The Labute approximate surface area is 84.2 Å². The summed E-state index contributed by atoms with van der Waals surface area (Å²) in [6.45, 7) is -0.0446. The molecule has 4 nitrogen and oxygen atoms in total. The minimum atomic E-state index is -0.327. The second-order valence-corrected chi connectivity index (χ2v) is 3.83. The van der Waals surface area contributed by atoms with Crippen molar-refractivity contribution >= 4 is 12.2 Å². The van der Waals surface area contributed by atoms with Crippen molar-refractivity contribution in [2.75, 3.05) is 6.54 Å². The van der Waals surface area contributed by atoms with Gasteiger partial charge < -0.3 is 15.8 Å². The number of hydrogen-bond donors (Lipinski definition) is 2. The van der Waals surface area contributed by atoms with E-state index in [1.54, 1.807) is 0 Å². The van der Waals surface area contributed by atoms with Gasteiger partial charge in [-0.15, -0.1) is 0 Å². The minimum Gasteiger partial charge on any atom is -0.345 e. The van der Waals surface area contributed by atoms with Crippen LogP contribution >= 0.6 is 0 Å². The molecule has 1 amide bonds. The van der Waals surface area contributed by atoms with Gasteiger partial charge in [-0.3, -0.25) is 4.79 Å². The highest BCUT2D eigenvalue weighted by Crippen LogP contribution is 2.25. The zero-order chi connectivity index (χ0) is 10.4. The van der Waals surface area contributed by atoms with Gasteiger partial charge in [0.25, 0.3) is 0 Å². The molecule has 1 saturated carbocycles. The van der Waals surface area contributed by atoms with E-state index in [9.17, 15) is 9.59 Å². The first-order valence-corrected chi connectivity index (χ1v) is 5.22. The van der Waals surface area contributed by atoms with Gasteiger partial charge in [-0.1, -0.05) is 19.3 Å². The van der Waals surface area contributed by atoms with E-state index in [-0.39, 0.29) is 18.5 Å². The molecular formula is C10H18N2O2. The Morgan fingerprint density at radius 1 is 1.43 bits per heavy atom. The number of carbonyl (C=O) groups is 2. The maximum atomic E-state index is 11.0. The van der Waals surface area contributed by atoms with Crippen molar-refractivity contribution in [1.82, 2.24) is 5.32 Å². The van der Waals surface area contributed by atoms with Crippen LogP contribution in [0, 0.1) is 5.92 Å². The molecule has 80 valence electrons. The largest absolute Gasteiger partial charge is 0.345 e. The molecule has 1 aliphatic rings. The molecule has 0 spiro atoms. The smallest absolute Gasteiger partial charge is 0.234 e. The fraction of sp³-hybridized carbons (Fsp3) is 0.800. The van der Waals surface area contributed by atoms with Crippen LogP contribution in [0.25, 0.3) is 0 Å². The summed E-state index contributed by atoms with van der Waals surface area (Å²) in [7, 11) is 0. The lowest BCUT2D eigenvalue weighted by atomic mass is 9.84. The Morgan fingerprint density at radius 3 is 2.57 bits per heavy atom. The van der Waals surface area contributed by atoms with Gasteiger partial charge in [-0.2, -0.15) is 0 Å². The quantitative estimate of drug-likeness (QED) is 0.634. The highest BCUT2D eigenvalue weighted by atomic mass is 16.2. The molecule has 3 N–H and O–H groups in total. The standard InChI is InChI=1S/C10H18N2O2/c11-6-10(14)12-9(7-13)8-4-2-1-3-5-8/h7-9H,1-6,11H2,(H,12,14). The van der Waals surface area contributed by atoms with Crippen LogP contribution in [0.15, 0.2) is 0 Å². The Balaban J connectivity index is 2.43. The van der Waals surface area contributed by atoms with Gasteiger partial charge in [0.05, 0.1) is 12.6 Å². The normalized spacial score (nSPS) is 20.1. The highest BCUT2D eigenvalue weighted by Gasteiger charge is 2.23. The molecule has 1 aliphatic carbocycles. The maximum absolute atomic E-state index is 11.0. The summed E-state index contributed by atoms with van der Waals surface area (Å²) >= 11 is 0. The number of amides is 1. The molecule has 1 rings (SSSR count). The molecular weight excluding hydrogens is 180 g/mol. The van der Waals surface area contributed by atoms with Crippen molar-refractivity contribution in [3.63, 3.8) is 0 Å². The Morgan fingerprint density at radius 2 is 2.07 bits per heavy atom. The van der Waals surface area contributed by atoms with Gasteiger partial charge in [-0.25, -0.2) is 0 Å². The first-order chi connectivity index (χ1) is 6.77. The van der Waals surface area contributed by atoms with Gasteiger partial charge in [0.15, 0.2) is 0 Å². The lowest BCUT2D eigenvalue weighted by Crippen LogP contribution is -2.44. The predicted octanol–water partition coefficient (Wildman–Crippen LogP) is 0.209. The van der Waals surface area contributed by atoms with Gasteiger partial charge in [0.2, 0.25) is 5.91 Å². The summed E-state index contributed by atoms with van der Waals surface area (Å²) in [6, 6.07) is -0.327. The van der Waals surface area contributed by atoms with Crippen molar-refractivity contribution < 1.29 is 9.59 Å². The summed E-state index contributed by atoms with van der Waals surface area (Å²) in [5.41, 5.74) is 5.18. The van der Waals surface area contributed by atoms with Gasteiger partial charge in [0, 0.05) is 0 Å². The first-order valence-electron chi connectivity index (χ1n) is 5.22. The second kappa shape index (κ2) is 5.75. The molecule has 4 heteroatoms. The SMILES string of the molecule is NCC(=O)NC(C=O)C1CCCCC1. The minimum absolute atomic E-state index is 0.0446. The topological polar surface area (TPSA) is 72.2 Å². The van der Waals surface area contributed by atoms with Crippen LogP contribution in [0.2, 0.25) is 0 Å². The van der Waals surface area contributed by atoms with E-state index in [0.29, 0.717) is 5.92 Å². The fourth-order valence-electron chi connectivity index (χ4n) is 2.00. The number of rotatable bonds is 4. The second-order valence-electron chi connectivity index (χ2n) is 3.83. The summed E-state index contributed by atoms with van der Waals surface area (Å²) in [5.74, 6) is 0.0735. The molecule has 0 bridgehead atoms. The van der Waals surface area contributed by atoms with Crippen molar-refractivity contribution in [2.45, 2.75) is 38.1 Å².